The standard InChI is InChI=1S/C20H14Cl2N4O4S/c1-10(30-15-7-6-11(21)8-14(15)22)17(27)23-20-25-24-16(31-20)9-26-18(28)12-4-2-3-5-13(12)19(26)29/h2-8,10H,9H2,1H3,(H,23,25,27). The molecule has 1 unspecified atom stereocenters. The fraction of sp³-hybridized carbons (Fsp3) is 0.150. The molecule has 1 atom stereocenters. The Morgan fingerprint density at radius 2 is 1.81 bits per heavy atom. The van der Waals surface area contributed by atoms with E-state index in [-0.39, 0.29) is 28.5 Å². The largest absolute Gasteiger partial charge is 0.479 e. The van der Waals surface area contributed by atoms with Gasteiger partial charge in [-0.1, -0.05) is 46.7 Å². The highest BCUT2D eigenvalue weighted by Crippen LogP contribution is 2.29. The van der Waals surface area contributed by atoms with Crippen LogP contribution in [-0.2, 0) is 11.3 Å². The minimum absolute atomic E-state index is 0.0354. The van der Waals surface area contributed by atoms with E-state index in [1.165, 1.54) is 6.07 Å². The fourth-order valence-electron chi connectivity index (χ4n) is 2.91. The van der Waals surface area contributed by atoms with E-state index in [0.29, 0.717) is 26.9 Å². The molecule has 0 bridgehead atoms. The van der Waals surface area contributed by atoms with Gasteiger partial charge in [0.05, 0.1) is 22.7 Å². The van der Waals surface area contributed by atoms with E-state index in [0.717, 1.165) is 16.2 Å². The summed E-state index contributed by atoms with van der Waals surface area (Å²) >= 11 is 13.0. The van der Waals surface area contributed by atoms with Gasteiger partial charge in [0.2, 0.25) is 5.13 Å². The second-order valence-electron chi connectivity index (χ2n) is 6.57. The molecule has 8 nitrogen and oxygen atoms in total. The number of rotatable bonds is 6. The number of aromatic nitrogens is 2. The first kappa shape index (κ1) is 21.2. The maximum atomic E-state index is 12.5. The molecule has 11 heteroatoms. The van der Waals surface area contributed by atoms with Crippen LogP contribution in [-0.4, -0.2) is 38.9 Å². The number of anilines is 1. The second kappa shape index (κ2) is 8.62. The van der Waals surface area contributed by atoms with Crippen LogP contribution >= 0.6 is 34.5 Å². The highest BCUT2D eigenvalue weighted by atomic mass is 35.5. The van der Waals surface area contributed by atoms with E-state index in [9.17, 15) is 14.4 Å². The first-order valence-corrected chi connectivity index (χ1v) is 10.6. The number of fused-ring (bicyclic) bond motifs is 1. The molecule has 3 aromatic rings. The van der Waals surface area contributed by atoms with Crippen LogP contribution in [0.3, 0.4) is 0 Å². The van der Waals surface area contributed by atoms with Gasteiger partial charge in [-0.2, -0.15) is 0 Å². The van der Waals surface area contributed by atoms with Gasteiger partial charge in [-0.3, -0.25) is 24.6 Å². The highest BCUT2D eigenvalue weighted by molar-refractivity contribution is 7.15. The van der Waals surface area contributed by atoms with Gasteiger partial charge in [0.1, 0.15) is 10.8 Å². The maximum Gasteiger partial charge on any atom is 0.266 e. The molecule has 1 N–H and O–H groups in total. The zero-order valence-electron chi connectivity index (χ0n) is 16.0. The molecule has 1 aliphatic heterocycles. The number of carbonyl (C=O) groups is 3. The summed E-state index contributed by atoms with van der Waals surface area (Å²) in [6.45, 7) is 1.52. The normalized spacial score (nSPS) is 13.8. The van der Waals surface area contributed by atoms with Crippen molar-refractivity contribution < 1.29 is 19.1 Å². The summed E-state index contributed by atoms with van der Waals surface area (Å²) in [7, 11) is 0. The van der Waals surface area contributed by atoms with Crippen molar-refractivity contribution in [1.82, 2.24) is 15.1 Å². The van der Waals surface area contributed by atoms with Crippen molar-refractivity contribution in [3.05, 3.63) is 68.6 Å². The van der Waals surface area contributed by atoms with Crippen LogP contribution in [0.5, 0.6) is 5.75 Å². The van der Waals surface area contributed by atoms with Gasteiger partial charge >= 0.3 is 0 Å². The van der Waals surface area contributed by atoms with Crippen LogP contribution < -0.4 is 10.1 Å². The van der Waals surface area contributed by atoms with Gasteiger partial charge in [-0.25, -0.2) is 0 Å². The molecule has 2 aromatic carbocycles. The number of halogens is 2. The van der Waals surface area contributed by atoms with Crippen LogP contribution in [0.1, 0.15) is 32.6 Å². The third kappa shape index (κ3) is 4.39. The molecular formula is C20H14Cl2N4O4S. The Morgan fingerprint density at radius 3 is 2.45 bits per heavy atom. The van der Waals surface area contributed by atoms with Gasteiger partial charge in [0.15, 0.2) is 6.10 Å². The Kier molecular flexibility index (Phi) is 5.90. The average molecular weight is 477 g/mol. The first-order chi connectivity index (χ1) is 14.8. The number of carbonyl (C=O) groups excluding carboxylic acids is 3. The van der Waals surface area contributed by atoms with Crippen molar-refractivity contribution >= 4 is 57.4 Å². The molecule has 3 amide bonds. The van der Waals surface area contributed by atoms with Crippen LogP contribution in [0.4, 0.5) is 5.13 Å². The van der Waals surface area contributed by atoms with Crippen LogP contribution in [0.25, 0.3) is 0 Å². The number of hydrogen-bond donors (Lipinski definition) is 1. The molecule has 0 aliphatic carbocycles. The zero-order chi connectivity index (χ0) is 22.1. The number of amides is 3. The topological polar surface area (TPSA) is 101 Å². The predicted molar refractivity (Wildman–Crippen MR) is 116 cm³/mol. The van der Waals surface area contributed by atoms with E-state index in [1.807, 2.05) is 0 Å². The van der Waals surface area contributed by atoms with E-state index in [4.69, 9.17) is 27.9 Å². The zero-order valence-corrected chi connectivity index (χ0v) is 18.3. The molecular weight excluding hydrogens is 463 g/mol. The maximum absolute atomic E-state index is 12.5. The Bertz CT molecular complexity index is 1160. The van der Waals surface area contributed by atoms with Crippen molar-refractivity contribution in [2.75, 3.05) is 5.32 Å². The Morgan fingerprint density at radius 1 is 1.13 bits per heavy atom. The number of imide groups is 1. The summed E-state index contributed by atoms with van der Waals surface area (Å²) in [5, 5.41) is 11.8. The molecule has 0 fully saturated rings. The monoisotopic (exact) mass is 476 g/mol. The molecule has 158 valence electrons. The minimum Gasteiger partial charge on any atom is -0.479 e. The average Bonchev–Trinajstić information content (AvgIpc) is 3.28. The number of ether oxygens (including phenoxy) is 1. The van der Waals surface area contributed by atoms with Gasteiger partial charge in [-0.05, 0) is 37.3 Å². The van der Waals surface area contributed by atoms with Crippen molar-refractivity contribution in [3.8, 4) is 5.75 Å². The van der Waals surface area contributed by atoms with Crippen molar-refractivity contribution in [2.24, 2.45) is 0 Å². The highest BCUT2D eigenvalue weighted by Gasteiger charge is 2.35. The summed E-state index contributed by atoms with van der Waals surface area (Å²) in [5.74, 6) is -0.918. The second-order valence-corrected chi connectivity index (χ2v) is 8.47. The molecule has 0 radical (unpaired) electrons. The number of nitrogens with one attached hydrogen (secondary N) is 1. The summed E-state index contributed by atoms with van der Waals surface area (Å²) in [5.41, 5.74) is 0.717. The van der Waals surface area contributed by atoms with Crippen LogP contribution in [0, 0.1) is 0 Å². The third-order valence-electron chi connectivity index (χ3n) is 4.44. The predicted octanol–water partition coefficient (Wildman–Crippen LogP) is 4.05. The van der Waals surface area contributed by atoms with Crippen LogP contribution in [0.2, 0.25) is 10.0 Å². The molecule has 31 heavy (non-hydrogen) atoms. The number of nitrogens with zero attached hydrogens (tertiary/aromatic N) is 3. The summed E-state index contributed by atoms with van der Waals surface area (Å²) in [6, 6.07) is 11.3. The molecule has 0 saturated carbocycles. The smallest absolute Gasteiger partial charge is 0.266 e. The molecule has 4 rings (SSSR count). The molecule has 1 aromatic heterocycles. The van der Waals surface area contributed by atoms with E-state index < -0.39 is 12.0 Å². The molecule has 0 saturated heterocycles. The lowest BCUT2D eigenvalue weighted by molar-refractivity contribution is -0.122. The lowest BCUT2D eigenvalue weighted by Crippen LogP contribution is -2.30. The summed E-state index contributed by atoms with van der Waals surface area (Å²) in [6.07, 6.45) is -0.873. The molecule has 2 heterocycles. The van der Waals surface area contributed by atoms with E-state index in [1.54, 1.807) is 43.3 Å². The quantitative estimate of drug-likeness (QED) is 0.538. The molecule has 1 aliphatic rings. The lowest BCUT2D eigenvalue weighted by atomic mass is 10.1. The Balaban J connectivity index is 1.38. The van der Waals surface area contributed by atoms with Crippen molar-refractivity contribution in [1.29, 1.82) is 0 Å². The van der Waals surface area contributed by atoms with E-state index >= 15 is 0 Å². The van der Waals surface area contributed by atoms with Gasteiger partial charge < -0.3 is 4.74 Å². The SMILES string of the molecule is CC(Oc1ccc(Cl)cc1Cl)C(=O)Nc1nnc(CN2C(=O)c3ccccc3C2=O)s1. The lowest BCUT2D eigenvalue weighted by Gasteiger charge is -2.14. The molecule has 0 spiro atoms. The van der Waals surface area contributed by atoms with Gasteiger partial charge in [0.25, 0.3) is 17.7 Å². The van der Waals surface area contributed by atoms with E-state index in [2.05, 4.69) is 15.5 Å². The minimum atomic E-state index is -0.873. The van der Waals surface area contributed by atoms with Crippen molar-refractivity contribution in [2.45, 2.75) is 19.6 Å². The Labute approximate surface area is 190 Å². The van der Waals surface area contributed by atoms with Crippen LogP contribution in [0.15, 0.2) is 42.5 Å². The first-order valence-electron chi connectivity index (χ1n) is 9.03. The summed E-state index contributed by atoms with van der Waals surface area (Å²) < 4.78 is 5.57. The van der Waals surface area contributed by atoms with Crippen molar-refractivity contribution in [3.63, 3.8) is 0 Å². The number of hydrogen-bond acceptors (Lipinski definition) is 7. The number of benzene rings is 2. The summed E-state index contributed by atoms with van der Waals surface area (Å²) in [4.78, 5) is 38.4. The van der Waals surface area contributed by atoms with Gasteiger partial charge in [0, 0.05) is 5.02 Å². The fourth-order valence-corrected chi connectivity index (χ4v) is 4.09. The van der Waals surface area contributed by atoms with Gasteiger partial charge in [-0.15, -0.1) is 10.2 Å². The third-order valence-corrected chi connectivity index (χ3v) is 5.79. The Hall–Kier alpha value is -3.01.